The van der Waals surface area contributed by atoms with Crippen molar-refractivity contribution in [3.63, 3.8) is 0 Å². The van der Waals surface area contributed by atoms with E-state index in [1.165, 1.54) is 4.90 Å². The Kier molecular flexibility index (Phi) is 6.97. The maximum atomic E-state index is 13.2. The maximum Gasteiger partial charge on any atom is 0.300 e. The minimum Gasteiger partial charge on any atom is -0.507 e. The van der Waals surface area contributed by atoms with Crippen LogP contribution in [0.1, 0.15) is 37.4 Å². The van der Waals surface area contributed by atoms with Gasteiger partial charge in [-0.05, 0) is 67.4 Å². The summed E-state index contributed by atoms with van der Waals surface area (Å²) in [4.78, 5) is 27.9. The summed E-state index contributed by atoms with van der Waals surface area (Å²) in [5.41, 5.74) is 1.70. The number of hydrogen-bond donors (Lipinski definition) is 1. The van der Waals surface area contributed by atoms with Crippen LogP contribution in [0.15, 0.2) is 84.4 Å². The predicted octanol–water partition coefficient (Wildman–Crippen LogP) is 5.50. The first kappa shape index (κ1) is 23.1. The minimum atomic E-state index is -0.807. The van der Waals surface area contributed by atoms with Gasteiger partial charge >= 0.3 is 0 Å². The van der Waals surface area contributed by atoms with Crippen molar-refractivity contribution in [2.45, 2.75) is 26.3 Å². The van der Waals surface area contributed by atoms with Gasteiger partial charge in [0, 0.05) is 11.3 Å². The quantitative estimate of drug-likeness (QED) is 0.275. The molecule has 0 radical (unpaired) electrons. The number of nitrogens with zero attached hydrogens (tertiary/aromatic N) is 1. The summed E-state index contributed by atoms with van der Waals surface area (Å²) in [6.07, 6.45) is 0.880. The van der Waals surface area contributed by atoms with Crippen LogP contribution in [0.25, 0.3) is 5.76 Å². The SMILES string of the molecule is CCCOc1ccc(/C(O)=C2/C(=O)C(=O)N(c3ccccc3)C2c2cccc(OCC)c2)cc1. The van der Waals surface area contributed by atoms with Gasteiger partial charge in [-0.1, -0.05) is 37.3 Å². The lowest BCUT2D eigenvalue weighted by molar-refractivity contribution is -0.132. The molecule has 4 rings (SSSR count). The van der Waals surface area contributed by atoms with Gasteiger partial charge in [-0.15, -0.1) is 0 Å². The van der Waals surface area contributed by atoms with Crippen LogP contribution in [-0.4, -0.2) is 30.0 Å². The van der Waals surface area contributed by atoms with Crippen LogP contribution in [0.4, 0.5) is 5.69 Å². The van der Waals surface area contributed by atoms with Crippen LogP contribution < -0.4 is 14.4 Å². The molecule has 0 bridgehead atoms. The van der Waals surface area contributed by atoms with E-state index in [4.69, 9.17) is 9.47 Å². The maximum absolute atomic E-state index is 13.2. The number of ether oxygens (including phenoxy) is 2. The Balaban J connectivity index is 1.84. The number of ketones is 1. The third kappa shape index (κ3) is 4.53. The predicted molar refractivity (Wildman–Crippen MR) is 131 cm³/mol. The van der Waals surface area contributed by atoms with Gasteiger partial charge in [0.25, 0.3) is 11.7 Å². The van der Waals surface area contributed by atoms with E-state index in [-0.39, 0.29) is 11.3 Å². The smallest absolute Gasteiger partial charge is 0.300 e. The van der Waals surface area contributed by atoms with E-state index in [0.29, 0.717) is 41.5 Å². The molecular weight excluding hydrogens is 430 g/mol. The molecule has 1 aliphatic heterocycles. The monoisotopic (exact) mass is 457 g/mol. The van der Waals surface area contributed by atoms with Gasteiger partial charge in [-0.25, -0.2) is 0 Å². The van der Waals surface area contributed by atoms with Crippen LogP contribution in [-0.2, 0) is 9.59 Å². The van der Waals surface area contributed by atoms with Crippen molar-refractivity contribution in [1.82, 2.24) is 0 Å². The van der Waals surface area contributed by atoms with E-state index >= 15 is 0 Å². The lowest BCUT2D eigenvalue weighted by atomic mass is 9.95. The number of Topliss-reactive ketones (excluding diaryl/α,β-unsaturated/α-hetero) is 1. The molecule has 1 N–H and O–H groups in total. The number of carbonyl (C=O) groups is 2. The fraction of sp³-hybridized carbons (Fsp3) is 0.214. The van der Waals surface area contributed by atoms with Crippen molar-refractivity contribution in [3.8, 4) is 11.5 Å². The Bertz CT molecular complexity index is 1200. The van der Waals surface area contributed by atoms with Crippen LogP contribution in [0.5, 0.6) is 11.5 Å². The first-order valence-corrected chi connectivity index (χ1v) is 11.4. The molecule has 1 heterocycles. The zero-order valence-electron chi connectivity index (χ0n) is 19.2. The third-order valence-corrected chi connectivity index (χ3v) is 5.56. The van der Waals surface area contributed by atoms with Gasteiger partial charge in [0.15, 0.2) is 0 Å². The van der Waals surface area contributed by atoms with Crippen LogP contribution in [0, 0.1) is 0 Å². The molecule has 0 spiro atoms. The molecule has 1 fully saturated rings. The van der Waals surface area contributed by atoms with Crippen molar-refractivity contribution in [3.05, 3.63) is 95.6 Å². The molecule has 1 saturated heterocycles. The number of para-hydroxylation sites is 1. The second-order valence-corrected chi connectivity index (χ2v) is 7.88. The molecule has 0 aromatic heterocycles. The second-order valence-electron chi connectivity index (χ2n) is 7.88. The average Bonchev–Trinajstić information content (AvgIpc) is 3.14. The Morgan fingerprint density at radius 1 is 0.882 bits per heavy atom. The summed E-state index contributed by atoms with van der Waals surface area (Å²) in [6, 6.07) is 22.3. The Morgan fingerprint density at radius 2 is 1.62 bits per heavy atom. The Hall–Kier alpha value is -4.06. The number of anilines is 1. The second kappa shape index (κ2) is 10.3. The molecule has 3 aromatic carbocycles. The van der Waals surface area contributed by atoms with Gasteiger partial charge in [-0.2, -0.15) is 0 Å². The van der Waals surface area contributed by atoms with Crippen molar-refractivity contribution < 1.29 is 24.2 Å². The molecule has 3 aromatic rings. The van der Waals surface area contributed by atoms with Gasteiger partial charge in [0.05, 0.1) is 24.8 Å². The van der Waals surface area contributed by atoms with Crippen LogP contribution in [0.2, 0.25) is 0 Å². The molecule has 1 unspecified atom stereocenters. The summed E-state index contributed by atoms with van der Waals surface area (Å²) >= 11 is 0. The van der Waals surface area contributed by atoms with Crippen molar-refractivity contribution in [1.29, 1.82) is 0 Å². The van der Waals surface area contributed by atoms with Crippen LogP contribution in [0.3, 0.4) is 0 Å². The lowest BCUT2D eigenvalue weighted by Gasteiger charge is -2.25. The minimum absolute atomic E-state index is 0.0322. The number of carbonyl (C=O) groups excluding carboxylic acids is 2. The molecule has 1 atom stereocenters. The summed E-state index contributed by atoms with van der Waals surface area (Å²) in [5, 5.41) is 11.3. The highest BCUT2D eigenvalue weighted by Gasteiger charge is 2.47. The summed E-state index contributed by atoms with van der Waals surface area (Å²) < 4.78 is 11.3. The lowest BCUT2D eigenvalue weighted by Crippen LogP contribution is -2.29. The fourth-order valence-electron chi connectivity index (χ4n) is 4.03. The van der Waals surface area contributed by atoms with E-state index in [1.807, 2.05) is 38.1 Å². The average molecular weight is 458 g/mol. The van der Waals surface area contributed by atoms with E-state index in [9.17, 15) is 14.7 Å². The number of hydrogen-bond acceptors (Lipinski definition) is 5. The molecule has 174 valence electrons. The van der Waals surface area contributed by atoms with Gasteiger partial charge < -0.3 is 14.6 Å². The summed E-state index contributed by atoms with van der Waals surface area (Å²) in [5.74, 6) is -0.368. The zero-order chi connectivity index (χ0) is 24.1. The number of aliphatic hydroxyl groups excluding tert-OH is 1. The van der Waals surface area contributed by atoms with E-state index < -0.39 is 17.7 Å². The Morgan fingerprint density at radius 3 is 2.29 bits per heavy atom. The van der Waals surface area contributed by atoms with Gasteiger partial charge in [0.2, 0.25) is 0 Å². The number of rotatable bonds is 8. The topological polar surface area (TPSA) is 76.1 Å². The summed E-state index contributed by atoms with van der Waals surface area (Å²) in [6.45, 7) is 4.97. The Labute approximate surface area is 199 Å². The van der Waals surface area contributed by atoms with Crippen molar-refractivity contribution in [2.24, 2.45) is 0 Å². The molecule has 6 nitrogen and oxygen atoms in total. The molecule has 1 aliphatic rings. The molecule has 0 aliphatic carbocycles. The van der Waals surface area contributed by atoms with Gasteiger partial charge in [-0.3, -0.25) is 14.5 Å². The number of benzene rings is 3. The molecule has 6 heteroatoms. The molecule has 0 saturated carbocycles. The highest BCUT2D eigenvalue weighted by Crippen LogP contribution is 2.42. The normalized spacial score (nSPS) is 17.1. The van der Waals surface area contributed by atoms with E-state index in [1.54, 1.807) is 54.6 Å². The largest absolute Gasteiger partial charge is 0.507 e. The highest BCUT2D eigenvalue weighted by molar-refractivity contribution is 6.51. The first-order valence-electron chi connectivity index (χ1n) is 11.4. The van der Waals surface area contributed by atoms with Crippen molar-refractivity contribution in [2.75, 3.05) is 18.1 Å². The summed E-state index contributed by atoms with van der Waals surface area (Å²) in [7, 11) is 0. The zero-order valence-corrected chi connectivity index (χ0v) is 19.2. The van der Waals surface area contributed by atoms with E-state index in [0.717, 1.165) is 6.42 Å². The molecule has 34 heavy (non-hydrogen) atoms. The highest BCUT2D eigenvalue weighted by atomic mass is 16.5. The number of aliphatic hydroxyl groups is 1. The third-order valence-electron chi connectivity index (χ3n) is 5.56. The standard InChI is InChI=1S/C28H27NO5/c1-3-17-34-22-15-13-19(14-16-22)26(30)24-25(20-9-8-12-23(18-20)33-4-2)29(28(32)27(24)31)21-10-6-5-7-11-21/h5-16,18,25,30H,3-4,17H2,1-2H3/b26-24-. The van der Waals surface area contributed by atoms with Crippen molar-refractivity contribution >= 4 is 23.1 Å². The van der Waals surface area contributed by atoms with Crippen LogP contribution >= 0.6 is 0 Å². The molecule has 1 amide bonds. The first-order chi connectivity index (χ1) is 16.5. The van der Waals surface area contributed by atoms with Gasteiger partial charge in [0.1, 0.15) is 17.3 Å². The van der Waals surface area contributed by atoms with E-state index in [2.05, 4.69) is 0 Å². The number of amides is 1. The fourth-order valence-corrected chi connectivity index (χ4v) is 4.03. The molecular formula is C28H27NO5.